The summed E-state index contributed by atoms with van der Waals surface area (Å²) in [6.07, 6.45) is 11.0. The molecule has 0 unspecified atom stereocenters. The molecule has 0 spiro atoms. The zero-order chi connectivity index (χ0) is 18.9. The van der Waals surface area contributed by atoms with Gasteiger partial charge < -0.3 is 5.32 Å². The van der Waals surface area contributed by atoms with Gasteiger partial charge in [0.25, 0.3) is 0 Å². The molecule has 1 amide bonds. The van der Waals surface area contributed by atoms with Crippen LogP contribution in [0.4, 0.5) is 0 Å². The van der Waals surface area contributed by atoms with Gasteiger partial charge in [-0.3, -0.25) is 14.6 Å². The first-order valence-electron chi connectivity index (χ1n) is 10.7. The fourth-order valence-electron chi connectivity index (χ4n) is 4.18. The van der Waals surface area contributed by atoms with Crippen LogP contribution in [-0.2, 0) is 4.79 Å². The molecule has 1 aromatic carbocycles. The molecular formula is C23H35N3O. The van der Waals surface area contributed by atoms with Crippen LogP contribution in [0.1, 0.15) is 44.6 Å². The van der Waals surface area contributed by atoms with E-state index in [4.69, 9.17) is 0 Å². The Kier molecular flexibility index (Phi) is 7.91. The minimum atomic E-state index is -0.0180. The van der Waals surface area contributed by atoms with Crippen LogP contribution in [0, 0.1) is 5.92 Å². The maximum absolute atomic E-state index is 12.5. The maximum Gasteiger partial charge on any atom is 0.237 e. The molecule has 1 aromatic rings. The molecule has 2 fully saturated rings. The number of carbonyl (C=O) groups is 1. The Morgan fingerprint density at radius 1 is 1.11 bits per heavy atom. The summed E-state index contributed by atoms with van der Waals surface area (Å²) in [6, 6.07) is 10.4. The van der Waals surface area contributed by atoms with Crippen LogP contribution in [0.3, 0.4) is 0 Å². The fraction of sp³-hybridized carbons (Fsp3) is 0.609. The summed E-state index contributed by atoms with van der Waals surface area (Å²) in [7, 11) is 0. The summed E-state index contributed by atoms with van der Waals surface area (Å²) in [5.74, 6) is 0.904. The van der Waals surface area contributed by atoms with Crippen molar-refractivity contribution in [2.75, 3.05) is 39.3 Å². The van der Waals surface area contributed by atoms with E-state index in [2.05, 4.69) is 58.5 Å². The Morgan fingerprint density at radius 3 is 2.52 bits per heavy atom. The SMILES string of the molecule is C[C@H](C(=O)NCC1CCCCC1)N1CCN(C/C=C/c2ccccc2)CC1. The highest BCUT2D eigenvalue weighted by Crippen LogP contribution is 2.22. The van der Waals surface area contributed by atoms with E-state index in [-0.39, 0.29) is 11.9 Å². The molecule has 148 valence electrons. The summed E-state index contributed by atoms with van der Waals surface area (Å²) in [5, 5.41) is 3.21. The highest BCUT2D eigenvalue weighted by atomic mass is 16.2. The van der Waals surface area contributed by atoms with Gasteiger partial charge in [0.05, 0.1) is 6.04 Å². The lowest BCUT2D eigenvalue weighted by atomic mass is 9.89. The van der Waals surface area contributed by atoms with Gasteiger partial charge in [-0.15, -0.1) is 0 Å². The van der Waals surface area contributed by atoms with Crippen LogP contribution in [-0.4, -0.2) is 61.0 Å². The number of carbonyl (C=O) groups excluding carboxylic acids is 1. The molecule has 1 saturated heterocycles. The molecule has 0 radical (unpaired) electrons. The summed E-state index contributed by atoms with van der Waals surface area (Å²) in [5.41, 5.74) is 1.25. The van der Waals surface area contributed by atoms with E-state index < -0.39 is 0 Å². The predicted molar refractivity (Wildman–Crippen MR) is 113 cm³/mol. The molecule has 2 aliphatic rings. The van der Waals surface area contributed by atoms with Gasteiger partial charge in [0, 0.05) is 39.3 Å². The molecule has 1 saturated carbocycles. The number of hydrogen-bond donors (Lipinski definition) is 1. The topological polar surface area (TPSA) is 35.6 Å². The first-order chi connectivity index (χ1) is 13.2. The van der Waals surface area contributed by atoms with Gasteiger partial charge in [-0.1, -0.05) is 61.7 Å². The van der Waals surface area contributed by atoms with Crippen LogP contribution >= 0.6 is 0 Å². The van der Waals surface area contributed by atoms with E-state index in [1.165, 1.54) is 37.7 Å². The van der Waals surface area contributed by atoms with Gasteiger partial charge in [0.15, 0.2) is 0 Å². The van der Waals surface area contributed by atoms with Gasteiger partial charge in [0.2, 0.25) is 5.91 Å². The van der Waals surface area contributed by atoms with Gasteiger partial charge >= 0.3 is 0 Å². The third-order valence-corrected chi connectivity index (χ3v) is 6.10. The summed E-state index contributed by atoms with van der Waals surface area (Å²) in [4.78, 5) is 17.3. The molecule has 0 bridgehead atoms. The smallest absolute Gasteiger partial charge is 0.237 e. The van der Waals surface area contributed by atoms with Crippen molar-refractivity contribution < 1.29 is 4.79 Å². The summed E-state index contributed by atoms with van der Waals surface area (Å²) in [6.45, 7) is 7.90. The maximum atomic E-state index is 12.5. The van der Waals surface area contributed by atoms with E-state index >= 15 is 0 Å². The number of amides is 1. The monoisotopic (exact) mass is 369 g/mol. The Hall–Kier alpha value is -1.65. The average Bonchev–Trinajstić information content (AvgIpc) is 2.73. The molecule has 4 heteroatoms. The van der Waals surface area contributed by atoms with Gasteiger partial charge in [0.1, 0.15) is 0 Å². The lowest BCUT2D eigenvalue weighted by Gasteiger charge is -2.37. The molecular weight excluding hydrogens is 334 g/mol. The molecule has 0 aromatic heterocycles. The number of hydrogen-bond acceptors (Lipinski definition) is 3. The Bertz CT molecular complexity index is 587. The minimum absolute atomic E-state index is 0.0180. The zero-order valence-electron chi connectivity index (χ0n) is 16.8. The molecule has 1 aliphatic carbocycles. The quantitative estimate of drug-likeness (QED) is 0.800. The number of benzene rings is 1. The van der Waals surface area contributed by atoms with Crippen LogP contribution in [0.25, 0.3) is 6.08 Å². The van der Waals surface area contributed by atoms with Gasteiger partial charge in [-0.25, -0.2) is 0 Å². The molecule has 1 atom stereocenters. The van der Waals surface area contributed by atoms with Crippen molar-refractivity contribution >= 4 is 12.0 Å². The molecule has 1 aliphatic heterocycles. The molecule has 4 nitrogen and oxygen atoms in total. The largest absolute Gasteiger partial charge is 0.354 e. The second-order valence-electron chi connectivity index (χ2n) is 8.07. The number of nitrogens with one attached hydrogen (secondary N) is 1. The van der Waals surface area contributed by atoms with E-state index in [1.54, 1.807) is 0 Å². The first-order valence-corrected chi connectivity index (χ1v) is 10.7. The van der Waals surface area contributed by atoms with Crippen LogP contribution in [0.5, 0.6) is 0 Å². The first kappa shape index (κ1) is 20.1. The molecule has 1 N–H and O–H groups in total. The zero-order valence-corrected chi connectivity index (χ0v) is 16.8. The van der Waals surface area contributed by atoms with Crippen LogP contribution in [0.2, 0.25) is 0 Å². The van der Waals surface area contributed by atoms with Crippen LogP contribution in [0.15, 0.2) is 36.4 Å². The Morgan fingerprint density at radius 2 is 1.81 bits per heavy atom. The van der Waals surface area contributed by atoms with E-state index in [9.17, 15) is 4.79 Å². The highest BCUT2D eigenvalue weighted by Gasteiger charge is 2.25. The van der Waals surface area contributed by atoms with Gasteiger partial charge in [-0.2, -0.15) is 0 Å². The lowest BCUT2D eigenvalue weighted by molar-refractivity contribution is -0.126. The number of rotatable bonds is 7. The molecule has 1 heterocycles. The van der Waals surface area contributed by atoms with E-state index in [0.717, 1.165) is 39.3 Å². The van der Waals surface area contributed by atoms with Crippen molar-refractivity contribution in [1.29, 1.82) is 0 Å². The van der Waals surface area contributed by atoms with Crippen molar-refractivity contribution in [3.05, 3.63) is 42.0 Å². The van der Waals surface area contributed by atoms with E-state index in [1.807, 2.05) is 6.07 Å². The minimum Gasteiger partial charge on any atom is -0.354 e. The number of piperazine rings is 1. The van der Waals surface area contributed by atoms with Crippen molar-refractivity contribution in [3.63, 3.8) is 0 Å². The average molecular weight is 370 g/mol. The molecule has 27 heavy (non-hydrogen) atoms. The van der Waals surface area contributed by atoms with Crippen molar-refractivity contribution in [2.45, 2.75) is 45.1 Å². The van der Waals surface area contributed by atoms with Crippen molar-refractivity contribution in [3.8, 4) is 0 Å². The Labute approximate surface area is 164 Å². The second-order valence-corrected chi connectivity index (χ2v) is 8.07. The van der Waals surface area contributed by atoms with Crippen molar-refractivity contribution in [2.24, 2.45) is 5.92 Å². The second kappa shape index (κ2) is 10.6. The fourth-order valence-corrected chi connectivity index (χ4v) is 4.18. The third-order valence-electron chi connectivity index (χ3n) is 6.10. The van der Waals surface area contributed by atoms with E-state index in [0.29, 0.717) is 5.92 Å². The number of nitrogens with zero attached hydrogens (tertiary/aromatic N) is 2. The third kappa shape index (κ3) is 6.47. The lowest BCUT2D eigenvalue weighted by Crippen LogP contribution is -2.54. The normalized spacial score (nSPS) is 21.4. The standard InChI is InChI=1S/C23H35N3O/c1-20(23(27)24-19-22-11-6-3-7-12-22)26-17-15-25(16-18-26)14-8-13-21-9-4-2-5-10-21/h2,4-5,8-10,13,20,22H,3,6-7,11-12,14-19H2,1H3,(H,24,27)/b13-8+/t20-/m1/s1. The summed E-state index contributed by atoms with van der Waals surface area (Å²) < 4.78 is 0. The Balaban J connectivity index is 1.35. The van der Waals surface area contributed by atoms with Crippen molar-refractivity contribution in [1.82, 2.24) is 15.1 Å². The predicted octanol–water partition coefficient (Wildman–Crippen LogP) is 3.40. The van der Waals surface area contributed by atoms with Gasteiger partial charge in [-0.05, 0) is 31.2 Å². The highest BCUT2D eigenvalue weighted by molar-refractivity contribution is 5.81. The molecule has 3 rings (SSSR count). The van der Waals surface area contributed by atoms with Crippen LogP contribution < -0.4 is 5.32 Å². The summed E-state index contributed by atoms with van der Waals surface area (Å²) >= 11 is 0.